The first kappa shape index (κ1) is 31.6. The highest BCUT2D eigenvalue weighted by Crippen LogP contribution is 2.30. The van der Waals surface area contributed by atoms with Gasteiger partial charge < -0.3 is 10.2 Å². The molecule has 1 unspecified atom stereocenters. The van der Waals surface area contributed by atoms with Gasteiger partial charge in [-0.2, -0.15) is 0 Å². The van der Waals surface area contributed by atoms with Gasteiger partial charge in [-0.15, -0.1) is 0 Å². The van der Waals surface area contributed by atoms with Gasteiger partial charge in [-0.3, -0.25) is 13.9 Å². The summed E-state index contributed by atoms with van der Waals surface area (Å²) < 4.78 is 29.9. The number of halogens is 2. The van der Waals surface area contributed by atoms with Crippen molar-refractivity contribution in [2.24, 2.45) is 0 Å². The quantitative estimate of drug-likeness (QED) is 0.235. The molecule has 0 spiro atoms. The van der Waals surface area contributed by atoms with Crippen LogP contribution in [0, 0.1) is 13.8 Å². The van der Waals surface area contributed by atoms with E-state index in [1.807, 2.05) is 38.1 Å². The Labute approximate surface area is 250 Å². The van der Waals surface area contributed by atoms with Crippen molar-refractivity contribution in [3.63, 3.8) is 0 Å². The molecule has 0 radical (unpaired) electrons. The summed E-state index contributed by atoms with van der Waals surface area (Å²) in [4.78, 5) is 28.5. The van der Waals surface area contributed by atoms with Crippen LogP contribution in [0.25, 0.3) is 0 Å². The first-order valence-corrected chi connectivity index (χ1v) is 15.7. The molecule has 0 aromatic heterocycles. The Kier molecular flexibility index (Phi) is 11.2. The highest BCUT2D eigenvalue weighted by Gasteiger charge is 2.33. The lowest BCUT2D eigenvalue weighted by Crippen LogP contribution is -2.51. The van der Waals surface area contributed by atoms with Gasteiger partial charge in [-0.05, 0) is 74.7 Å². The van der Waals surface area contributed by atoms with Gasteiger partial charge in [0.05, 0.1) is 10.6 Å². The first-order valence-electron chi connectivity index (χ1n) is 13.1. The molecule has 0 bridgehead atoms. The van der Waals surface area contributed by atoms with Crippen LogP contribution in [0.2, 0.25) is 5.02 Å². The Morgan fingerprint density at radius 2 is 1.73 bits per heavy atom. The zero-order valence-corrected chi connectivity index (χ0v) is 26.3. The van der Waals surface area contributed by atoms with Gasteiger partial charge in [0.25, 0.3) is 10.0 Å². The van der Waals surface area contributed by atoms with Crippen molar-refractivity contribution in [1.29, 1.82) is 0 Å². The molecule has 0 aliphatic heterocycles. The summed E-state index contributed by atoms with van der Waals surface area (Å²) >= 11 is 9.73. The topological polar surface area (TPSA) is 86.8 Å². The van der Waals surface area contributed by atoms with Crippen LogP contribution in [-0.2, 0) is 26.2 Å². The number of hydrogen-bond donors (Lipinski definition) is 1. The maximum atomic E-state index is 14.0. The van der Waals surface area contributed by atoms with Gasteiger partial charge in [0, 0.05) is 22.6 Å². The van der Waals surface area contributed by atoms with E-state index in [1.165, 1.54) is 23.1 Å². The molecule has 40 heavy (non-hydrogen) atoms. The number of amides is 2. The van der Waals surface area contributed by atoms with Gasteiger partial charge in [-0.1, -0.05) is 76.8 Å². The largest absolute Gasteiger partial charge is 0.354 e. The van der Waals surface area contributed by atoms with Gasteiger partial charge in [0.2, 0.25) is 11.8 Å². The third-order valence-electron chi connectivity index (χ3n) is 6.57. The molecule has 1 N–H and O–H groups in total. The Balaban J connectivity index is 2.04. The van der Waals surface area contributed by atoms with Crippen molar-refractivity contribution in [3.05, 3.63) is 92.9 Å². The van der Waals surface area contributed by atoms with Gasteiger partial charge in [-0.25, -0.2) is 8.42 Å². The third-order valence-corrected chi connectivity index (χ3v) is 9.07. The predicted octanol–water partition coefficient (Wildman–Crippen LogP) is 6.25. The zero-order valence-electron chi connectivity index (χ0n) is 23.2. The van der Waals surface area contributed by atoms with E-state index in [0.29, 0.717) is 22.8 Å². The maximum Gasteiger partial charge on any atom is 0.264 e. The molecular weight excluding hydrogens is 614 g/mol. The van der Waals surface area contributed by atoms with Crippen LogP contribution in [0.15, 0.2) is 76.1 Å². The Morgan fingerprint density at radius 3 is 2.38 bits per heavy atom. The predicted molar refractivity (Wildman–Crippen MR) is 164 cm³/mol. The maximum absolute atomic E-state index is 14.0. The second-order valence-electron chi connectivity index (χ2n) is 9.73. The van der Waals surface area contributed by atoms with Crippen LogP contribution in [0.5, 0.6) is 0 Å². The van der Waals surface area contributed by atoms with Gasteiger partial charge in [0.15, 0.2) is 0 Å². The number of nitrogens with one attached hydrogen (secondary N) is 1. The fourth-order valence-electron chi connectivity index (χ4n) is 4.15. The monoisotopic (exact) mass is 647 g/mol. The van der Waals surface area contributed by atoms with Crippen LogP contribution < -0.4 is 9.62 Å². The molecule has 3 rings (SSSR count). The van der Waals surface area contributed by atoms with E-state index in [9.17, 15) is 18.0 Å². The fourth-order valence-corrected chi connectivity index (χ4v) is 6.24. The van der Waals surface area contributed by atoms with Crippen LogP contribution >= 0.6 is 27.5 Å². The van der Waals surface area contributed by atoms with Crippen molar-refractivity contribution in [1.82, 2.24) is 10.2 Å². The highest BCUT2D eigenvalue weighted by atomic mass is 79.9. The van der Waals surface area contributed by atoms with Crippen LogP contribution in [0.1, 0.15) is 43.4 Å². The van der Waals surface area contributed by atoms with Crippen molar-refractivity contribution < 1.29 is 18.0 Å². The Morgan fingerprint density at radius 1 is 1.02 bits per heavy atom. The second kappa shape index (κ2) is 14.1. The van der Waals surface area contributed by atoms with E-state index in [1.54, 1.807) is 38.1 Å². The van der Waals surface area contributed by atoms with Crippen molar-refractivity contribution in [2.75, 3.05) is 17.4 Å². The summed E-state index contributed by atoms with van der Waals surface area (Å²) in [5.41, 5.74) is 2.63. The summed E-state index contributed by atoms with van der Waals surface area (Å²) in [5.74, 6) is -0.822. The summed E-state index contributed by atoms with van der Waals surface area (Å²) in [7, 11) is -4.16. The smallest absolute Gasteiger partial charge is 0.264 e. The molecule has 3 aromatic carbocycles. The van der Waals surface area contributed by atoms with E-state index in [4.69, 9.17) is 11.6 Å². The molecule has 214 valence electrons. The number of aryl methyl sites for hydroxylation is 2. The highest BCUT2D eigenvalue weighted by molar-refractivity contribution is 9.10. The number of nitrogens with zero attached hydrogens (tertiary/aromatic N) is 2. The first-order chi connectivity index (χ1) is 18.9. The standard InChI is InChI=1S/C30H35BrClN3O4S/c1-5-6-16-33-30(37)23(4)34(19-24-8-7-9-25(31)17-24)29(36)20-35(28-18-26(32)13-12-22(28)3)40(38,39)27-14-10-21(2)11-15-27/h7-15,17-18,23H,5-6,16,19-20H2,1-4H3,(H,33,37). The lowest BCUT2D eigenvalue weighted by atomic mass is 10.1. The Hall–Kier alpha value is -2.88. The van der Waals surface area contributed by atoms with Gasteiger partial charge in [0.1, 0.15) is 12.6 Å². The fraction of sp³-hybridized carbons (Fsp3) is 0.333. The number of unbranched alkanes of at least 4 members (excludes halogenated alkanes) is 1. The van der Waals surface area contributed by atoms with Crippen LogP contribution in [0.3, 0.4) is 0 Å². The zero-order chi connectivity index (χ0) is 29.4. The minimum absolute atomic E-state index is 0.0502. The molecule has 0 aliphatic rings. The lowest BCUT2D eigenvalue weighted by Gasteiger charge is -2.32. The number of sulfonamides is 1. The molecule has 0 fully saturated rings. The summed E-state index contributed by atoms with van der Waals surface area (Å²) in [6.07, 6.45) is 1.73. The Bertz CT molecular complexity index is 1450. The molecule has 0 saturated carbocycles. The summed E-state index contributed by atoms with van der Waals surface area (Å²) in [6.45, 7) is 7.41. The number of carbonyl (C=O) groups is 2. The number of benzene rings is 3. The van der Waals surface area contributed by atoms with Crippen molar-refractivity contribution in [2.45, 2.75) is 58.0 Å². The normalized spacial score (nSPS) is 12.1. The number of hydrogen-bond acceptors (Lipinski definition) is 4. The van der Waals surface area contributed by atoms with E-state index in [2.05, 4.69) is 21.2 Å². The van der Waals surface area contributed by atoms with Crippen LogP contribution in [-0.4, -0.2) is 44.3 Å². The molecule has 3 aromatic rings. The lowest BCUT2D eigenvalue weighted by molar-refractivity contribution is -0.139. The van der Waals surface area contributed by atoms with E-state index in [-0.39, 0.29) is 17.3 Å². The third kappa shape index (κ3) is 8.08. The van der Waals surface area contributed by atoms with Gasteiger partial charge >= 0.3 is 0 Å². The van der Waals surface area contributed by atoms with Crippen molar-refractivity contribution in [3.8, 4) is 0 Å². The minimum atomic E-state index is -4.16. The number of rotatable bonds is 12. The molecule has 1 atom stereocenters. The molecule has 7 nitrogen and oxygen atoms in total. The van der Waals surface area contributed by atoms with E-state index < -0.39 is 28.5 Å². The minimum Gasteiger partial charge on any atom is -0.354 e. The number of carbonyl (C=O) groups excluding carboxylic acids is 2. The van der Waals surface area contributed by atoms with E-state index in [0.717, 1.165) is 32.7 Å². The van der Waals surface area contributed by atoms with Crippen LogP contribution in [0.4, 0.5) is 5.69 Å². The number of anilines is 1. The molecular formula is C30H35BrClN3O4S. The molecule has 0 saturated heterocycles. The average Bonchev–Trinajstić information content (AvgIpc) is 2.91. The summed E-state index contributed by atoms with van der Waals surface area (Å²) in [5, 5.41) is 3.23. The molecule has 10 heteroatoms. The molecule has 0 aliphatic carbocycles. The summed E-state index contributed by atoms with van der Waals surface area (Å²) in [6, 6.07) is 18.0. The average molecular weight is 649 g/mol. The molecule has 0 heterocycles. The second-order valence-corrected chi connectivity index (χ2v) is 12.9. The van der Waals surface area contributed by atoms with E-state index >= 15 is 0 Å². The molecule has 2 amide bonds. The van der Waals surface area contributed by atoms with Crippen molar-refractivity contribution >= 4 is 55.1 Å². The SMILES string of the molecule is CCCCNC(=O)C(C)N(Cc1cccc(Br)c1)C(=O)CN(c1cc(Cl)ccc1C)S(=O)(=O)c1ccc(C)cc1.